The van der Waals surface area contributed by atoms with Gasteiger partial charge in [-0.1, -0.05) is 30.3 Å². The first-order chi connectivity index (χ1) is 15.6. The number of carbonyl (C=O) groups is 2. The van der Waals surface area contributed by atoms with Crippen LogP contribution >= 0.6 is 0 Å². The second-order valence-electron chi connectivity index (χ2n) is 7.09. The van der Waals surface area contributed by atoms with Crippen molar-refractivity contribution in [1.29, 1.82) is 0 Å². The van der Waals surface area contributed by atoms with Gasteiger partial charge in [0.25, 0.3) is 11.7 Å². The lowest BCUT2D eigenvalue weighted by Gasteiger charge is -2.26. The molecule has 1 atom stereocenters. The number of ketones is 1. The molecular weight excluding hydrogens is 408 g/mol. The van der Waals surface area contributed by atoms with Crippen molar-refractivity contribution in [1.82, 2.24) is 4.98 Å². The molecule has 0 saturated carbocycles. The lowest BCUT2D eigenvalue weighted by atomic mass is 9.96. The SMILES string of the molecule is CCOc1cccc(/C(O)=C2/C(=O)C(=O)N(c3ccccc3OC)C2c2cccnc2)c1. The number of amides is 1. The van der Waals surface area contributed by atoms with Gasteiger partial charge >= 0.3 is 0 Å². The minimum Gasteiger partial charge on any atom is -0.507 e. The summed E-state index contributed by atoms with van der Waals surface area (Å²) < 4.78 is 10.9. The number of aromatic nitrogens is 1. The maximum absolute atomic E-state index is 13.2. The zero-order chi connectivity index (χ0) is 22.7. The van der Waals surface area contributed by atoms with E-state index in [1.807, 2.05) is 6.92 Å². The van der Waals surface area contributed by atoms with Gasteiger partial charge in [0.05, 0.1) is 31.0 Å². The van der Waals surface area contributed by atoms with Gasteiger partial charge in [0.2, 0.25) is 0 Å². The summed E-state index contributed by atoms with van der Waals surface area (Å²) in [6, 6.07) is 16.3. The standard InChI is InChI=1S/C25H22N2O5/c1-3-32-18-10-6-8-16(14-18)23(28)21-22(17-9-7-13-26-15-17)27(25(30)24(21)29)19-11-4-5-12-20(19)31-2/h4-15,22,28H,3H2,1-2H3/b23-21-. The number of Topliss-reactive ketones (excluding diaryl/α,β-unsaturated/α-hetero) is 1. The van der Waals surface area contributed by atoms with Crippen molar-refractivity contribution in [3.05, 3.63) is 89.8 Å². The molecule has 162 valence electrons. The molecule has 1 amide bonds. The largest absolute Gasteiger partial charge is 0.507 e. The fourth-order valence-electron chi connectivity index (χ4n) is 3.82. The van der Waals surface area contributed by atoms with Crippen LogP contribution in [0.3, 0.4) is 0 Å². The van der Waals surface area contributed by atoms with Crippen molar-refractivity contribution in [3.63, 3.8) is 0 Å². The van der Waals surface area contributed by atoms with Crippen LogP contribution in [0.2, 0.25) is 0 Å². The number of carbonyl (C=O) groups excluding carboxylic acids is 2. The lowest BCUT2D eigenvalue weighted by molar-refractivity contribution is -0.132. The summed E-state index contributed by atoms with van der Waals surface area (Å²) in [6.45, 7) is 2.31. The highest BCUT2D eigenvalue weighted by Crippen LogP contribution is 2.44. The predicted molar refractivity (Wildman–Crippen MR) is 120 cm³/mol. The van der Waals surface area contributed by atoms with E-state index in [0.29, 0.717) is 34.9 Å². The van der Waals surface area contributed by atoms with Crippen molar-refractivity contribution in [2.45, 2.75) is 13.0 Å². The normalized spacial score (nSPS) is 17.4. The number of methoxy groups -OCH3 is 1. The monoisotopic (exact) mass is 430 g/mol. The molecule has 1 aliphatic heterocycles. The molecule has 2 aromatic carbocycles. The summed E-state index contributed by atoms with van der Waals surface area (Å²) >= 11 is 0. The van der Waals surface area contributed by atoms with Crippen LogP contribution < -0.4 is 14.4 Å². The molecule has 7 nitrogen and oxygen atoms in total. The molecule has 4 rings (SSSR count). The third-order valence-electron chi connectivity index (χ3n) is 5.21. The van der Waals surface area contributed by atoms with Gasteiger partial charge in [0.15, 0.2) is 0 Å². The fourth-order valence-corrected chi connectivity index (χ4v) is 3.82. The summed E-state index contributed by atoms with van der Waals surface area (Å²) in [5, 5.41) is 11.2. The molecule has 1 unspecified atom stereocenters. The zero-order valence-corrected chi connectivity index (χ0v) is 17.7. The molecule has 0 spiro atoms. The van der Waals surface area contributed by atoms with E-state index in [-0.39, 0.29) is 11.3 Å². The van der Waals surface area contributed by atoms with E-state index >= 15 is 0 Å². The fraction of sp³-hybridized carbons (Fsp3) is 0.160. The number of benzene rings is 2. The average molecular weight is 430 g/mol. The van der Waals surface area contributed by atoms with Crippen LogP contribution in [0, 0.1) is 0 Å². The second-order valence-corrected chi connectivity index (χ2v) is 7.09. The number of para-hydroxylation sites is 2. The Labute approximate surface area is 185 Å². The summed E-state index contributed by atoms with van der Waals surface area (Å²) in [4.78, 5) is 31.9. The van der Waals surface area contributed by atoms with Gasteiger partial charge in [-0.3, -0.25) is 19.5 Å². The molecule has 0 radical (unpaired) electrons. The molecule has 1 fully saturated rings. The van der Waals surface area contributed by atoms with Crippen LogP contribution in [-0.2, 0) is 9.59 Å². The van der Waals surface area contributed by atoms with Crippen molar-refractivity contribution in [3.8, 4) is 11.5 Å². The van der Waals surface area contributed by atoms with E-state index in [2.05, 4.69) is 4.98 Å². The molecule has 7 heteroatoms. The first-order valence-corrected chi connectivity index (χ1v) is 10.1. The van der Waals surface area contributed by atoms with E-state index in [1.165, 1.54) is 12.0 Å². The third-order valence-corrected chi connectivity index (χ3v) is 5.21. The lowest BCUT2D eigenvalue weighted by Crippen LogP contribution is -2.29. The number of aliphatic hydroxyl groups excluding tert-OH is 1. The van der Waals surface area contributed by atoms with Crippen molar-refractivity contribution >= 4 is 23.1 Å². The maximum atomic E-state index is 13.2. The highest BCUT2D eigenvalue weighted by Gasteiger charge is 2.47. The number of ether oxygens (including phenoxy) is 2. The number of hydrogen-bond acceptors (Lipinski definition) is 6. The highest BCUT2D eigenvalue weighted by molar-refractivity contribution is 6.51. The first kappa shape index (κ1) is 21.1. The minimum atomic E-state index is -0.879. The Morgan fingerprint density at radius 2 is 1.91 bits per heavy atom. The molecule has 32 heavy (non-hydrogen) atoms. The number of pyridine rings is 1. The Morgan fingerprint density at radius 1 is 1.09 bits per heavy atom. The van der Waals surface area contributed by atoms with Crippen LogP contribution in [0.25, 0.3) is 5.76 Å². The van der Waals surface area contributed by atoms with E-state index < -0.39 is 17.7 Å². The Hall–Kier alpha value is -4.13. The summed E-state index contributed by atoms with van der Waals surface area (Å²) in [6.07, 6.45) is 3.17. The average Bonchev–Trinajstić information content (AvgIpc) is 3.10. The van der Waals surface area contributed by atoms with Gasteiger partial charge in [-0.2, -0.15) is 0 Å². The summed E-state index contributed by atoms with van der Waals surface area (Å²) in [7, 11) is 1.49. The van der Waals surface area contributed by atoms with Crippen LogP contribution in [0.5, 0.6) is 11.5 Å². The van der Waals surface area contributed by atoms with Crippen molar-refractivity contribution in [2.75, 3.05) is 18.6 Å². The molecule has 0 aliphatic carbocycles. The molecule has 1 N–H and O–H groups in total. The van der Waals surface area contributed by atoms with Gasteiger partial charge in [-0.25, -0.2) is 0 Å². The Morgan fingerprint density at radius 3 is 2.62 bits per heavy atom. The topological polar surface area (TPSA) is 89.0 Å². The number of nitrogens with zero attached hydrogens (tertiary/aromatic N) is 2. The third kappa shape index (κ3) is 3.69. The predicted octanol–water partition coefficient (Wildman–Crippen LogP) is 4.12. The maximum Gasteiger partial charge on any atom is 0.300 e. The number of hydrogen-bond donors (Lipinski definition) is 1. The van der Waals surface area contributed by atoms with E-state index in [9.17, 15) is 14.7 Å². The van der Waals surface area contributed by atoms with Crippen LogP contribution in [0.1, 0.15) is 24.1 Å². The van der Waals surface area contributed by atoms with Gasteiger partial charge in [-0.05, 0) is 42.8 Å². The molecule has 1 saturated heterocycles. The van der Waals surface area contributed by atoms with Gasteiger partial charge in [0, 0.05) is 18.0 Å². The van der Waals surface area contributed by atoms with Crippen LogP contribution in [-0.4, -0.2) is 35.5 Å². The van der Waals surface area contributed by atoms with E-state index in [1.54, 1.807) is 73.1 Å². The van der Waals surface area contributed by atoms with Crippen LogP contribution in [0.15, 0.2) is 78.6 Å². The van der Waals surface area contributed by atoms with E-state index in [0.717, 1.165) is 0 Å². The summed E-state index contributed by atoms with van der Waals surface area (Å²) in [5.74, 6) is -0.846. The Bertz CT molecular complexity index is 1190. The first-order valence-electron chi connectivity index (χ1n) is 10.1. The van der Waals surface area contributed by atoms with Crippen LogP contribution in [0.4, 0.5) is 5.69 Å². The van der Waals surface area contributed by atoms with Crippen molar-refractivity contribution < 1.29 is 24.2 Å². The van der Waals surface area contributed by atoms with Gasteiger partial charge in [0.1, 0.15) is 17.3 Å². The number of rotatable bonds is 6. The molecule has 3 aromatic rings. The highest BCUT2D eigenvalue weighted by atomic mass is 16.5. The number of anilines is 1. The Kier molecular flexibility index (Phi) is 5.89. The zero-order valence-electron chi connectivity index (χ0n) is 17.7. The molecular formula is C25H22N2O5. The smallest absolute Gasteiger partial charge is 0.300 e. The Balaban J connectivity index is 1.94. The number of aliphatic hydroxyl groups is 1. The minimum absolute atomic E-state index is 0.0254. The molecule has 1 aromatic heterocycles. The quantitative estimate of drug-likeness (QED) is 0.360. The van der Waals surface area contributed by atoms with Crippen molar-refractivity contribution in [2.24, 2.45) is 0 Å². The molecule has 0 bridgehead atoms. The molecule has 2 heterocycles. The van der Waals surface area contributed by atoms with Gasteiger partial charge in [-0.15, -0.1) is 0 Å². The second kappa shape index (κ2) is 8.93. The summed E-state index contributed by atoms with van der Waals surface area (Å²) in [5.41, 5.74) is 1.36. The van der Waals surface area contributed by atoms with E-state index in [4.69, 9.17) is 9.47 Å². The molecule has 1 aliphatic rings. The van der Waals surface area contributed by atoms with Gasteiger partial charge < -0.3 is 14.6 Å².